The van der Waals surface area contributed by atoms with Gasteiger partial charge in [0.05, 0.1) is 0 Å². The van der Waals surface area contributed by atoms with Crippen molar-refractivity contribution in [2.24, 2.45) is 5.73 Å². The van der Waals surface area contributed by atoms with Crippen LogP contribution in [0.3, 0.4) is 0 Å². The van der Waals surface area contributed by atoms with Crippen LogP contribution in [-0.4, -0.2) is 36.0 Å². The van der Waals surface area contributed by atoms with E-state index in [0.717, 1.165) is 19.3 Å². The molecule has 3 N–H and O–H groups in total. The molecule has 2 fully saturated rings. The molecule has 1 aliphatic heterocycles. The van der Waals surface area contributed by atoms with Gasteiger partial charge in [0.1, 0.15) is 6.04 Å². The monoisotopic (exact) mass is 343 g/mol. The highest BCUT2D eigenvalue weighted by Gasteiger charge is 2.36. The van der Waals surface area contributed by atoms with Gasteiger partial charge >= 0.3 is 6.03 Å². The number of nitrogens with zero attached hydrogens (tertiary/aromatic N) is 1. The van der Waals surface area contributed by atoms with Crippen LogP contribution in [0.2, 0.25) is 0 Å². The van der Waals surface area contributed by atoms with E-state index in [1.165, 1.54) is 36.1 Å². The van der Waals surface area contributed by atoms with Gasteiger partial charge in [-0.2, -0.15) is 0 Å². The molecule has 3 rings (SSSR count). The molecule has 1 aromatic carbocycles. The van der Waals surface area contributed by atoms with E-state index in [4.69, 9.17) is 5.73 Å². The van der Waals surface area contributed by atoms with Gasteiger partial charge in [-0.25, -0.2) is 4.79 Å². The van der Waals surface area contributed by atoms with Gasteiger partial charge in [0, 0.05) is 18.5 Å². The summed E-state index contributed by atoms with van der Waals surface area (Å²) in [5.41, 5.74) is 6.73. The van der Waals surface area contributed by atoms with Crippen molar-refractivity contribution >= 4 is 11.9 Å². The first-order valence-electron chi connectivity index (χ1n) is 9.52. The highest BCUT2D eigenvalue weighted by Crippen LogP contribution is 2.38. The number of hydrogen-bond acceptors (Lipinski definition) is 2. The summed E-state index contributed by atoms with van der Waals surface area (Å²) in [6.45, 7) is 1.22. The molecule has 0 aromatic heterocycles. The fourth-order valence-corrected chi connectivity index (χ4v) is 4.44. The van der Waals surface area contributed by atoms with E-state index in [-0.39, 0.29) is 11.3 Å². The Morgan fingerprint density at radius 2 is 1.76 bits per heavy atom. The lowest BCUT2D eigenvalue weighted by molar-refractivity contribution is -0.125. The van der Waals surface area contributed by atoms with Gasteiger partial charge in [-0.15, -0.1) is 0 Å². The average molecular weight is 343 g/mol. The van der Waals surface area contributed by atoms with Crippen molar-refractivity contribution in [2.75, 3.05) is 13.1 Å². The molecule has 5 nitrogen and oxygen atoms in total. The first-order valence-corrected chi connectivity index (χ1v) is 9.52. The van der Waals surface area contributed by atoms with Gasteiger partial charge in [0.2, 0.25) is 5.91 Å². The number of likely N-dealkylation sites (tertiary alicyclic amines) is 1. The third kappa shape index (κ3) is 3.97. The fraction of sp³-hybridized carbons (Fsp3) is 0.600. The Hall–Kier alpha value is -2.04. The summed E-state index contributed by atoms with van der Waals surface area (Å²) in [6, 6.07) is 9.66. The second-order valence-corrected chi connectivity index (χ2v) is 7.47. The summed E-state index contributed by atoms with van der Waals surface area (Å²) in [7, 11) is 0. The summed E-state index contributed by atoms with van der Waals surface area (Å²) in [6.07, 6.45) is 8.66. The smallest absolute Gasteiger partial charge is 0.315 e. The number of nitrogens with one attached hydrogen (secondary N) is 1. The topological polar surface area (TPSA) is 75.4 Å². The van der Waals surface area contributed by atoms with Gasteiger partial charge in [-0.1, -0.05) is 56.0 Å². The highest BCUT2D eigenvalue weighted by molar-refractivity contribution is 5.87. The van der Waals surface area contributed by atoms with Crippen molar-refractivity contribution in [3.05, 3.63) is 35.9 Å². The lowest BCUT2D eigenvalue weighted by Gasteiger charge is -2.34. The SMILES string of the molecule is NC(=O)N1CCC[C@H]1C(=O)NCC1(c2ccccc2)CCCCCC1. The maximum atomic E-state index is 12.7. The minimum atomic E-state index is -0.495. The molecule has 0 bridgehead atoms. The number of carbonyl (C=O) groups excluding carboxylic acids is 2. The molecule has 1 saturated heterocycles. The quantitative estimate of drug-likeness (QED) is 0.825. The molecular weight excluding hydrogens is 314 g/mol. The summed E-state index contributed by atoms with van der Waals surface area (Å²) in [4.78, 5) is 25.7. The number of urea groups is 1. The second kappa shape index (κ2) is 7.89. The summed E-state index contributed by atoms with van der Waals surface area (Å²) in [5, 5.41) is 3.16. The molecule has 5 heteroatoms. The van der Waals surface area contributed by atoms with E-state index < -0.39 is 12.1 Å². The average Bonchev–Trinajstić information content (AvgIpc) is 3.00. The molecule has 0 unspecified atom stereocenters. The predicted molar refractivity (Wildman–Crippen MR) is 98.1 cm³/mol. The molecule has 1 heterocycles. The number of rotatable bonds is 4. The van der Waals surface area contributed by atoms with Crippen molar-refractivity contribution < 1.29 is 9.59 Å². The van der Waals surface area contributed by atoms with Gasteiger partial charge in [-0.3, -0.25) is 4.79 Å². The molecule has 0 radical (unpaired) electrons. The van der Waals surface area contributed by atoms with Crippen LogP contribution in [0.15, 0.2) is 30.3 Å². The second-order valence-electron chi connectivity index (χ2n) is 7.47. The van der Waals surface area contributed by atoms with Crippen LogP contribution in [0.5, 0.6) is 0 Å². The molecule has 0 spiro atoms. The van der Waals surface area contributed by atoms with Gasteiger partial charge in [-0.05, 0) is 31.2 Å². The van der Waals surface area contributed by atoms with Crippen molar-refractivity contribution in [1.82, 2.24) is 10.2 Å². The van der Waals surface area contributed by atoms with Crippen LogP contribution >= 0.6 is 0 Å². The van der Waals surface area contributed by atoms with Crippen molar-refractivity contribution in [3.8, 4) is 0 Å². The van der Waals surface area contributed by atoms with E-state index in [9.17, 15) is 9.59 Å². The maximum Gasteiger partial charge on any atom is 0.315 e. The van der Waals surface area contributed by atoms with Crippen LogP contribution in [0.4, 0.5) is 4.79 Å². The van der Waals surface area contributed by atoms with E-state index in [0.29, 0.717) is 19.5 Å². The Bertz CT molecular complexity index is 594. The Morgan fingerprint density at radius 3 is 2.40 bits per heavy atom. The van der Waals surface area contributed by atoms with Gasteiger partial charge in [0.15, 0.2) is 0 Å². The van der Waals surface area contributed by atoms with Crippen LogP contribution in [0.25, 0.3) is 0 Å². The number of nitrogens with two attached hydrogens (primary N) is 1. The number of benzene rings is 1. The van der Waals surface area contributed by atoms with Crippen LogP contribution in [-0.2, 0) is 10.2 Å². The van der Waals surface area contributed by atoms with E-state index in [1.807, 2.05) is 6.07 Å². The van der Waals surface area contributed by atoms with Gasteiger partial charge in [0.25, 0.3) is 0 Å². The third-order valence-electron chi connectivity index (χ3n) is 5.89. The van der Waals surface area contributed by atoms with E-state index >= 15 is 0 Å². The van der Waals surface area contributed by atoms with Crippen molar-refractivity contribution in [1.29, 1.82) is 0 Å². The van der Waals surface area contributed by atoms with Crippen molar-refractivity contribution in [2.45, 2.75) is 62.8 Å². The molecule has 2 aliphatic rings. The lowest BCUT2D eigenvalue weighted by Crippen LogP contribution is -2.50. The summed E-state index contributed by atoms with van der Waals surface area (Å²) < 4.78 is 0. The molecule has 3 amide bonds. The molecule has 136 valence electrons. The predicted octanol–water partition coefficient (Wildman–Crippen LogP) is 2.94. The zero-order valence-electron chi connectivity index (χ0n) is 14.9. The Morgan fingerprint density at radius 1 is 1.08 bits per heavy atom. The molecule has 25 heavy (non-hydrogen) atoms. The minimum absolute atomic E-state index is 0.00355. The molecule has 1 aliphatic carbocycles. The third-order valence-corrected chi connectivity index (χ3v) is 5.89. The first kappa shape index (κ1) is 17.8. The minimum Gasteiger partial charge on any atom is -0.353 e. The maximum absolute atomic E-state index is 12.7. The molecular formula is C20H29N3O2. The summed E-state index contributed by atoms with van der Waals surface area (Å²) >= 11 is 0. The van der Waals surface area contributed by atoms with Crippen molar-refractivity contribution in [3.63, 3.8) is 0 Å². The number of carbonyl (C=O) groups is 2. The zero-order valence-corrected chi connectivity index (χ0v) is 14.9. The zero-order chi connectivity index (χ0) is 17.7. The molecule has 1 saturated carbocycles. The van der Waals surface area contributed by atoms with Crippen LogP contribution in [0, 0.1) is 0 Å². The Balaban J connectivity index is 1.72. The standard InChI is InChI=1S/C20H29N3O2/c21-19(25)23-14-8-11-17(23)18(24)22-15-20(12-6-1-2-7-13-20)16-9-4-3-5-10-16/h3-5,9-10,17H,1-2,6-8,11-15H2,(H2,21,25)(H,22,24)/t17-/m0/s1. The number of primary amides is 1. The summed E-state index contributed by atoms with van der Waals surface area (Å²) in [5.74, 6) is -0.0594. The van der Waals surface area contributed by atoms with Crippen LogP contribution in [0.1, 0.15) is 56.9 Å². The molecule has 1 aromatic rings. The Labute approximate surface area is 150 Å². The van der Waals surface area contributed by atoms with Gasteiger partial charge < -0.3 is 16.0 Å². The number of amides is 3. The van der Waals surface area contributed by atoms with E-state index in [2.05, 4.69) is 29.6 Å². The molecule has 1 atom stereocenters. The van der Waals surface area contributed by atoms with Crippen LogP contribution < -0.4 is 11.1 Å². The Kier molecular flexibility index (Phi) is 5.61. The first-order chi connectivity index (χ1) is 12.1. The lowest BCUT2D eigenvalue weighted by atomic mass is 9.74. The highest BCUT2D eigenvalue weighted by atomic mass is 16.2. The van der Waals surface area contributed by atoms with E-state index in [1.54, 1.807) is 0 Å². The number of hydrogen-bond donors (Lipinski definition) is 2. The fourth-order valence-electron chi connectivity index (χ4n) is 4.44. The largest absolute Gasteiger partial charge is 0.353 e. The normalized spacial score (nSPS) is 23.0.